The maximum absolute atomic E-state index is 12.6. The molecule has 0 heterocycles. The van der Waals surface area contributed by atoms with Gasteiger partial charge in [-0.2, -0.15) is 0 Å². The topological polar surface area (TPSA) is 95.9 Å². The third-order valence-corrected chi connectivity index (χ3v) is 2.00. The summed E-state index contributed by atoms with van der Waals surface area (Å²) < 4.78 is 17.6. The van der Waals surface area contributed by atoms with Gasteiger partial charge >= 0.3 is 5.97 Å². The van der Waals surface area contributed by atoms with Crippen LogP contribution in [0.3, 0.4) is 0 Å². The lowest BCUT2D eigenvalue weighted by Gasteiger charge is -2.12. The standard InChI is InChI=1S/C11H12FNO5/c12-7-1-3-8(4-2-7)18-6-10(15)13-9(5-14)11(16)17/h1-4,9,14H,5-6H2,(H,13,15)(H,16,17). The van der Waals surface area contributed by atoms with Gasteiger partial charge in [-0.1, -0.05) is 0 Å². The normalized spacial score (nSPS) is 11.7. The van der Waals surface area contributed by atoms with Crippen molar-refractivity contribution in [3.05, 3.63) is 30.1 Å². The van der Waals surface area contributed by atoms with Crippen molar-refractivity contribution >= 4 is 11.9 Å². The molecule has 3 N–H and O–H groups in total. The highest BCUT2D eigenvalue weighted by molar-refractivity contribution is 5.84. The van der Waals surface area contributed by atoms with E-state index >= 15 is 0 Å². The van der Waals surface area contributed by atoms with Gasteiger partial charge in [0.1, 0.15) is 17.6 Å². The summed E-state index contributed by atoms with van der Waals surface area (Å²) in [6.45, 7) is -1.13. The van der Waals surface area contributed by atoms with Gasteiger partial charge in [0.15, 0.2) is 6.61 Å². The molecule has 1 aromatic carbocycles. The predicted molar refractivity (Wildman–Crippen MR) is 58.5 cm³/mol. The third-order valence-electron chi connectivity index (χ3n) is 2.00. The molecular weight excluding hydrogens is 245 g/mol. The monoisotopic (exact) mass is 257 g/mol. The van der Waals surface area contributed by atoms with Crippen molar-refractivity contribution in [2.75, 3.05) is 13.2 Å². The quantitative estimate of drug-likeness (QED) is 0.654. The van der Waals surface area contributed by atoms with E-state index < -0.39 is 36.9 Å². The highest BCUT2D eigenvalue weighted by atomic mass is 19.1. The minimum atomic E-state index is -1.37. The molecule has 1 aromatic rings. The summed E-state index contributed by atoms with van der Waals surface area (Å²) in [7, 11) is 0. The van der Waals surface area contributed by atoms with Gasteiger partial charge in [-0.3, -0.25) is 4.79 Å². The van der Waals surface area contributed by atoms with Gasteiger partial charge in [0.2, 0.25) is 0 Å². The second kappa shape index (κ2) is 6.55. The van der Waals surface area contributed by atoms with Crippen molar-refractivity contribution in [3.63, 3.8) is 0 Å². The van der Waals surface area contributed by atoms with Crippen LogP contribution in [0.1, 0.15) is 0 Å². The number of aliphatic carboxylic acids is 1. The molecule has 1 rings (SSSR count). The zero-order valence-electron chi connectivity index (χ0n) is 9.30. The number of aliphatic hydroxyl groups is 1. The summed E-state index contributed by atoms with van der Waals surface area (Å²) in [6, 6.07) is 3.64. The number of aliphatic hydroxyl groups excluding tert-OH is 1. The highest BCUT2D eigenvalue weighted by Crippen LogP contribution is 2.10. The van der Waals surface area contributed by atoms with E-state index in [1.165, 1.54) is 24.3 Å². The first-order valence-electron chi connectivity index (χ1n) is 5.04. The number of carbonyl (C=O) groups is 2. The zero-order chi connectivity index (χ0) is 13.5. The van der Waals surface area contributed by atoms with Crippen LogP contribution in [0.15, 0.2) is 24.3 Å². The van der Waals surface area contributed by atoms with Crippen LogP contribution in [0.2, 0.25) is 0 Å². The third kappa shape index (κ3) is 4.38. The van der Waals surface area contributed by atoms with E-state index in [0.717, 1.165) is 0 Å². The predicted octanol–water partition coefficient (Wildman–Crippen LogP) is -0.234. The fraction of sp³-hybridized carbons (Fsp3) is 0.273. The van der Waals surface area contributed by atoms with Gasteiger partial charge in [0.25, 0.3) is 5.91 Å². The maximum Gasteiger partial charge on any atom is 0.328 e. The first-order valence-corrected chi connectivity index (χ1v) is 5.04. The SMILES string of the molecule is O=C(COc1ccc(F)cc1)NC(CO)C(=O)O. The minimum Gasteiger partial charge on any atom is -0.484 e. The van der Waals surface area contributed by atoms with E-state index in [1.54, 1.807) is 0 Å². The Labute approximate surface area is 102 Å². The zero-order valence-corrected chi connectivity index (χ0v) is 9.30. The Morgan fingerprint density at radius 3 is 2.44 bits per heavy atom. The lowest BCUT2D eigenvalue weighted by atomic mass is 10.3. The minimum absolute atomic E-state index is 0.280. The van der Waals surface area contributed by atoms with Gasteiger partial charge in [-0.15, -0.1) is 0 Å². The largest absolute Gasteiger partial charge is 0.484 e. The second-order valence-corrected chi connectivity index (χ2v) is 3.38. The van der Waals surface area contributed by atoms with Gasteiger partial charge < -0.3 is 20.3 Å². The number of carboxylic acids is 1. The first kappa shape index (κ1) is 13.9. The lowest BCUT2D eigenvalue weighted by Crippen LogP contribution is -2.45. The van der Waals surface area contributed by atoms with E-state index in [1.807, 2.05) is 0 Å². The molecule has 0 aliphatic carbocycles. The summed E-state index contributed by atoms with van der Waals surface area (Å²) in [5.41, 5.74) is 0. The number of benzene rings is 1. The van der Waals surface area contributed by atoms with Crippen LogP contribution in [-0.2, 0) is 9.59 Å². The van der Waals surface area contributed by atoms with Crippen molar-refractivity contribution in [1.82, 2.24) is 5.32 Å². The fourth-order valence-electron chi connectivity index (χ4n) is 1.10. The molecule has 18 heavy (non-hydrogen) atoms. The summed E-state index contributed by atoms with van der Waals surface area (Å²) in [5, 5.41) is 19.3. The molecule has 0 aliphatic heterocycles. The Morgan fingerprint density at radius 1 is 1.33 bits per heavy atom. The van der Waals surface area contributed by atoms with Crippen molar-refractivity contribution in [1.29, 1.82) is 0 Å². The molecule has 98 valence electrons. The summed E-state index contributed by atoms with van der Waals surface area (Å²) >= 11 is 0. The number of hydrogen-bond acceptors (Lipinski definition) is 4. The number of carboxylic acid groups (broad SMARTS) is 1. The smallest absolute Gasteiger partial charge is 0.328 e. The average Bonchev–Trinajstić information content (AvgIpc) is 2.35. The average molecular weight is 257 g/mol. The Balaban J connectivity index is 2.41. The molecule has 6 nitrogen and oxygen atoms in total. The number of amides is 1. The van der Waals surface area contributed by atoms with Crippen molar-refractivity contribution in [2.24, 2.45) is 0 Å². The number of ether oxygens (including phenoxy) is 1. The highest BCUT2D eigenvalue weighted by Gasteiger charge is 2.18. The Bertz CT molecular complexity index is 420. The number of carbonyl (C=O) groups excluding carboxylic acids is 1. The Hall–Kier alpha value is -2.15. The molecule has 1 amide bonds. The molecule has 0 aromatic heterocycles. The van der Waals surface area contributed by atoms with Crippen LogP contribution in [0.4, 0.5) is 4.39 Å². The molecule has 0 saturated heterocycles. The molecule has 0 bridgehead atoms. The number of nitrogens with one attached hydrogen (secondary N) is 1. The van der Waals surface area contributed by atoms with Crippen molar-refractivity contribution in [3.8, 4) is 5.75 Å². The molecule has 1 atom stereocenters. The second-order valence-electron chi connectivity index (χ2n) is 3.38. The Morgan fingerprint density at radius 2 is 1.94 bits per heavy atom. The van der Waals surface area contributed by atoms with Crippen molar-refractivity contribution < 1.29 is 28.9 Å². The van der Waals surface area contributed by atoms with Crippen LogP contribution < -0.4 is 10.1 Å². The summed E-state index contributed by atoms with van der Waals surface area (Å²) in [4.78, 5) is 21.8. The fourth-order valence-corrected chi connectivity index (χ4v) is 1.10. The first-order chi connectivity index (χ1) is 8.52. The summed E-state index contributed by atoms with van der Waals surface area (Å²) in [5.74, 6) is -2.19. The molecule has 0 fully saturated rings. The van der Waals surface area contributed by atoms with Gasteiger partial charge in [-0.25, -0.2) is 9.18 Å². The molecular formula is C11H12FNO5. The molecule has 7 heteroatoms. The van der Waals surface area contributed by atoms with E-state index in [9.17, 15) is 14.0 Å². The van der Waals surface area contributed by atoms with Crippen LogP contribution in [-0.4, -0.2) is 41.3 Å². The van der Waals surface area contributed by atoms with E-state index in [2.05, 4.69) is 5.32 Å². The molecule has 1 unspecified atom stereocenters. The molecule has 0 aliphatic rings. The number of halogens is 1. The van der Waals surface area contributed by atoms with Crippen LogP contribution >= 0.6 is 0 Å². The lowest BCUT2D eigenvalue weighted by molar-refractivity contribution is -0.143. The van der Waals surface area contributed by atoms with E-state index in [4.69, 9.17) is 14.9 Å². The van der Waals surface area contributed by atoms with Crippen molar-refractivity contribution in [2.45, 2.75) is 6.04 Å². The Kier molecular flexibility index (Phi) is 5.06. The van der Waals surface area contributed by atoms with Crippen LogP contribution in [0.25, 0.3) is 0 Å². The summed E-state index contributed by atoms with van der Waals surface area (Å²) in [6.07, 6.45) is 0. The maximum atomic E-state index is 12.6. The molecule has 0 spiro atoms. The number of hydrogen-bond donors (Lipinski definition) is 3. The van der Waals surface area contributed by atoms with Gasteiger partial charge in [0.05, 0.1) is 6.61 Å². The molecule has 0 saturated carbocycles. The van der Waals surface area contributed by atoms with Gasteiger partial charge in [-0.05, 0) is 24.3 Å². The number of rotatable bonds is 6. The van der Waals surface area contributed by atoms with Gasteiger partial charge in [0, 0.05) is 0 Å². The van der Waals surface area contributed by atoms with E-state index in [0.29, 0.717) is 0 Å². The van der Waals surface area contributed by atoms with E-state index in [-0.39, 0.29) is 5.75 Å². The van der Waals surface area contributed by atoms with Crippen LogP contribution in [0.5, 0.6) is 5.75 Å². The van der Waals surface area contributed by atoms with Crippen LogP contribution in [0, 0.1) is 5.82 Å². The molecule has 0 radical (unpaired) electrons.